The van der Waals surface area contributed by atoms with Crippen molar-refractivity contribution in [3.8, 4) is 0 Å². The number of amidine groups is 1. The van der Waals surface area contributed by atoms with E-state index in [1.54, 1.807) is 18.3 Å². The number of pyridine rings is 1. The van der Waals surface area contributed by atoms with E-state index < -0.39 is 0 Å². The first-order chi connectivity index (χ1) is 7.72. The van der Waals surface area contributed by atoms with Gasteiger partial charge in [-0.1, -0.05) is 0 Å². The van der Waals surface area contributed by atoms with Gasteiger partial charge in [0.2, 0.25) is 0 Å². The minimum Gasteiger partial charge on any atom is -0.395 e. The standard InChI is InChI=1S/C11H16N4O/c12-11(13)8-3-4-14-10(7-8)15(5-6-16)9-1-2-9/h3-4,7,9,16H,1-2,5-6H2,(H3,12,13). The van der Waals surface area contributed by atoms with Gasteiger partial charge in [0, 0.05) is 24.3 Å². The number of nitrogens with one attached hydrogen (secondary N) is 1. The largest absolute Gasteiger partial charge is 0.395 e. The fourth-order valence-electron chi connectivity index (χ4n) is 1.72. The van der Waals surface area contributed by atoms with Gasteiger partial charge in [0.05, 0.1) is 6.61 Å². The third-order valence-corrected chi connectivity index (χ3v) is 2.68. The number of rotatable bonds is 5. The molecule has 0 atom stereocenters. The number of aromatic nitrogens is 1. The molecular weight excluding hydrogens is 204 g/mol. The lowest BCUT2D eigenvalue weighted by molar-refractivity contribution is 0.301. The van der Waals surface area contributed by atoms with E-state index in [0.717, 1.165) is 18.7 Å². The molecule has 1 heterocycles. The maximum Gasteiger partial charge on any atom is 0.129 e. The molecule has 0 unspecified atom stereocenters. The lowest BCUT2D eigenvalue weighted by Crippen LogP contribution is -2.30. The van der Waals surface area contributed by atoms with Crippen LogP contribution in [-0.2, 0) is 0 Å². The molecule has 86 valence electrons. The van der Waals surface area contributed by atoms with Gasteiger partial charge in [0.15, 0.2) is 0 Å². The summed E-state index contributed by atoms with van der Waals surface area (Å²) in [5, 5.41) is 16.4. The van der Waals surface area contributed by atoms with Gasteiger partial charge in [0.25, 0.3) is 0 Å². The van der Waals surface area contributed by atoms with Crippen molar-refractivity contribution in [1.29, 1.82) is 5.41 Å². The molecule has 1 aliphatic carbocycles. The van der Waals surface area contributed by atoms with Crippen LogP contribution >= 0.6 is 0 Å². The Morgan fingerprint density at radius 1 is 1.62 bits per heavy atom. The molecule has 0 aromatic carbocycles. The number of anilines is 1. The molecule has 4 N–H and O–H groups in total. The molecule has 1 aliphatic rings. The Kier molecular flexibility index (Phi) is 3.05. The zero-order chi connectivity index (χ0) is 11.5. The van der Waals surface area contributed by atoms with Crippen LogP contribution in [0.15, 0.2) is 18.3 Å². The summed E-state index contributed by atoms with van der Waals surface area (Å²) in [7, 11) is 0. The maximum atomic E-state index is 9.02. The summed E-state index contributed by atoms with van der Waals surface area (Å²) in [6.45, 7) is 0.696. The smallest absolute Gasteiger partial charge is 0.129 e. The molecule has 16 heavy (non-hydrogen) atoms. The van der Waals surface area contributed by atoms with Crippen molar-refractivity contribution >= 4 is 11.7 Å². The van der Waals surface area contributed by atoms with Crippen LogP contribution < -0.4 is 10.6 Å². The molecule has 0 saturated heterocycles. The Bertz CT molecular complexity index is 389. The van der Waals surface area contributed by atoms with Gasteiger partial charge in [-0.25, -0.2) is 4.98 Å². The highest BCUT2D eigenvalue weighted by Gasteiger charge is 2.29. The van der Waals surface area contributed by atoms with Crippen LogP contribution in [0.2, 0.25) is 0 Å². The molecule has 1 saturated carbocycles. The summed E-state index contributed by atoms with van der Waals surface area (Å²) >= 11 is 0. The van der Waals surface area contributed by atoms with E-state index in [2.05, 4.69) is 9.88 Å². The minimum atomic E-state index is 0.0448. The summed E-state index contributed by atoms with van der Waals surface area (Å²) in [6, 6.07) is 4.01. The molecule has 0 amide bonds. The topological polar surface area (TPSA) is 86.2 Å². The summed E-state index contributed by atoms with van der Waals surface area (Å²) in [6.07, 6.45) is 3.94. The molecule has 5 heteroatoms. The fourth-order valence-corrected chi connectivity index (χ4v) is 1.72. The summed E-state index contributed by atoms with van der Waals surface area (Å²) in [5.74, 6) is 0.840. The predicted octanol–water partition coefficient (Wildman–Crippen LogP) is 0.327. The number of aliphatic hydroxyl groups excluding tert-OH is 1. The molecule has 1 aromatic heterocycles. The SMILES string of the molecule is N=C(N)c1ccnc(N(CCO)C2CC2)c1. The summed E-state index contributed by atoms with van der Waals surface area (Å²) < 4.78 is 0. The van der Waals surface area contributed by atoms with Crippen molar-refractivity contribution in [1.82, 2.24) is 4.98 Å². The maximum absolute atomic E-state index is 9.02. The second kappa shape index (κ2) is 4.49. The lowest BCUT2D eigenvalue weighted by atomic mass is 10.2. The van der Waals surface area contributed by atoms with E-state index in [0.29, 0.717) is 18.2 Å². The van der Waals surface area contributed by atoms with Gasteiger partial charge < -0.3 is 15.7 Å². The Hall–Kier alpha value is -1.62. The van der Waals surface area contributed by atoms with Crippen LogP contribution in [0, 0.1) is 5.41 Å². The molecule has 2 rings (SSSR count). The second-order valence-electron chi connectivity index (χ2n) is 3.96. The van der Waals surface area contributed by atoms with E-state index in [9.17, 15) is 0 Å². The summed E-state index contributed by atoms with van der Waals surface area (Å²) in [5.41, 5.74) is 6.11. The fraction of sp³-hybridized carbons (Fsp3) is 0.455. The molecule has 1 fully saturated rings. The molecule has 0 radical (unpaired) electrons. The van der Waals surface area contributed by atoms with Gasteiger partial charge in [-0.05, 0) is 25.0 Å². The second-order valence-corrected chi connectivity index (χ2v) is 3.96. The average molecular weight is 220 g/mol. The number of hydrogen-bond donors (Lipinski definition) is 3. The monoisotopic (exact) mass is 220 g/mol. The van der Waals surface area contributed by atoms with Crippen LogP contribution in [0.5, 0.6) is 0 Å². The van der Waals surface area contributed by atoms with Gasteiger partial charge in [-0.15, -0.1) is 0 Å². The molecule has 1 aromatic rings. The van der Waals surface area contributed by atoms with Gasteiger partial charge in [0.1, 0.15) is 11.7 Å². The zero-order valence-electron chi connectivity index (χ0n) is 9.06. The molecule has 0 aliphatic heterocycles. The first-order valence-corrected chi connectivity index (χ1v) is 5.40. The van der Waals surface area contributed by atoms with E-state index >= 15 is 0 Å². The van der Waals surface area contributed by atoms with E-state index in [4.69, 9.17) is 16.2 Å². The number of nitrogens with two attached hydrogens (primary N) is 1. The number of aliphatic hydroxyl groups is 1. The third kappa shape index (κ3) is 2.30. The van der Waals surface area contributed by atoms with E-state index in [-0.39, 0.29) is 12.4 Å². The van der Waals surface area contributed by atoms with E-state index in [1.807, 2.05) is 0 Å². The molecular formula is C11H16N4O. The zero-order valence-corrected chi connectivity index (χ0v) is 9.06. The van der Waals surface area contributed by atoms with Crippen LogP contribution in [0.1, 0.15) is 18.4 Å². The molecule has 0 spiro atoms. The van der Waals surface area contributed by atoms with Crippen molar-refractivity contribution in [2.45, 2.75) is 18.9 Å². The van der Waals surface area contributed by atoms with Crippen LogP contribution in [0.3, 0.4) is 0 Å². The molecule has 5 nitrogen and oxygen atoms in total. The van der Waals surface area contributed by atoms with Gasteiger partial charge >= 0.3 is 0 Å². The highest BCUT2D eigenvalue weighted by Crippen LogP contribution is 2.30. The highest BCUT2D eigenvalue weighted by atomic mass is 16.3. The number of hydrogen-bond acceptors (Lipinski definition) is 4. The Morgan fingerprint density at radius 3 is 2.94 bits per heavy atom. The molecule has 0 bridgehead atoms. The van der Waals surface area contributed by atoms with E-state index in [1.165, 1.54) is 0 Å². The number of nitrogen functional groups attached to an aromatic ring is 1. The Balaban J connectivity index is 2.22. The van der Waals surface area contributed by atoms with Crippen LogP contribution in [0.4, 0.5) is 5.82 Å². The number of nitrogens with zero attached hydrogens (tertiary/aromatic N) is 2. The Labute approximate surface area is 94.4 Å². The van der Waals surface area contributed by atoms with Crippen molar-refractivity contribution in [3.05, 3.63) is 23.9 Å². The highest BCUT2D eigenvalue weighted by molar-refractivity contribution is 5.95. The lowest BCUT2D eigenvalue weighted by Gasteiger charge is -2.22. The first kappa shape index (κ1) is 10.9. The quantitative estimate of drug-likeness (QED) is 0.493. The first-order valence-electron chi connectivity index (χ1n) is 5.40. The normalized spacial score (nSPS) is 14.8. The van der Waals surface area contributed by atoms with Crippen molar-refractivity contribution in [2.24, 2.45) is 5.73 Å². The van der Waals surface area contributed by atoms with Crippen molar-refractivity contribution in [3.63, 3.8) is 0 Å². The predicted molar refractivity (Wildman–Crippen MR) is 62.7 cm³/mol. The van der Waals surface area contributed by atoms with Gasteiger partial charge in [-0.3, -0.25) is 5.41 Å². The van der Waals surface area contributed by atoms with Crippen LogP contribution in [-0.4, -0.2) is 35.1 Å². The minimum absolute atomic E-state index is 0.0448. The third-order valence-electron chi connectivity index (χ3n) is 2.68. The Morgan fingerprint density at radius 2 is 2.38 bits per heavy atom. The average Bonchev–Trinajstić information content (AvgIpc) is 3.10. The van der Waals surface area contributed by atoms with Crippen molar-refractivity contribution in [2.75, 3.05) is 18.1 Å². The van der Waals surface area contributed by atoms with Crippen LogP contribution in [0.25, 0.3) is 0 Å². The summed E-state index contributed by atoms with van der Waals surface area (Å²) in [4.78, 5) is 6.34. The van der Waals surface area contributed by atoms with Gasteiger partial charge in [-0.2, -0.15) is 0 Å². The van der Waals surface area contributed by atoms with Crippen molar-refractivity contribution < 1.29 is 5.11 Å².